The number of ether oxygens (including phenoxy) is 1. The molecule has 0 saturated carbocycles. The Morgan fingerprint density at radius 3 is 2.77 bits per heavy atom. The van der Waals surface area contributed by atoms with E-state index in [0.29, 0.717) is 6.54 Å². The topological polar surface area (TPSA) is 41.5 Å². The highest BCUT2D eigenvalue weighted by atomic mass is 19.1. The maximum atomic E-state index is 13.0. The largest absolute Gasteiger partial charge is 0.505 e. The van der Waals surface area contributed by atoms with Gasteiger partial charge >= 0.3 is 0 Å². The van der Waals surface area contributed by atoms with Gasteiger partial charge in [0.1, 0.15) is 0 Å². The van der Waals surface area contributed by atoms with Crippen LogP contribution in [0.5, 0.6) is 11.5 Å². The highest BCUT2D eigenvalue weighted by Gasteiger charge is 2.09. The number of hydrogen-bond acceptors (Lipinski definition) is 3. The maximum Gasteiger partial charge on any atom is 0.206 e. The number of phenolic OH excluding ortho intramolecular Hbond substituents is 1. The second-order valence-electron chi connectivity index (χ2n) is 2.66. The lowest BCUT2D eigenvalue weighted by Crippen LogP contribution is -2.05. The first kappa shape index (κ1) is 9.80. The Morgan fingerprint density at radius 2 is 2.23 bits per heavy atom. The molecule has 0 saturated heterocycles. The molecule has 0 aromatic heterocycles. The SMILES string of the molecule is CNCc1cc(O)c(F)c(OC)c1. The van der Waals surface area contributed by atoms with Crippen molar-refractivity contribution in [2.75, 3.05) is 14.2 Å². The number of hydrogen-bond donors (Lipinski definition) is 2. The molecule has 0 aliphatic heterocycles. The summed E-state index contributed by atoms with van der Waals surface area (Å²) in [5.41, 5.74) is 0.776. The fourth-order valence-electron chi connectivity index (χ4n) is 1.09. The molecule has 0 atom stereocenters. The lowest BCUT2D eigenvalue weighted by atomic mass is 10.2. The molecule has 0 heterocycles. The van der Waals surface area contributed by atoms with Crippen LogP contribution in [0.3, 0.4) is 0 Å². The van der Waals surface area contributed by atoms with Crippen LogP contribution in [0.25, 0.3) is 0 Å². The van der Waals surface area contributed by atoms with Crippen LogP contribution in [0.4, 0.5) is 4.39 Å². The molecule has 4 heteroatoms. The van der Waals surface area contributed by atoms with Crippen LogP contribution < -0.4 is 10.1 Å². The third-order valence-corrected chi connectivity index (χ3v) is 1.68. The van der Waals surface area contributed by atoms with E-state index in [0.717, 1.165) is 5.56 Å². The summed E-state index contributed by atoms with van der Waals surface area (Å²) in [4.78, 5) is 0. The number of halogens is 1. The third kappa shape index (κ3) is 2.09. The molecule has 3 nitrogen and oxygen atoms in total. The average molecular weight is 185 g/mol. The molecular formula is C9H12FNO2. The number of rotatable bonds is 3. The van der Waals surface area contributed by atoms with E-state index in [1.807, 2.05) is 0 Å². The van der Waals surface area contributed by atoms with E-state index in [2.05, 4.69) is 5.32 Å². The Labute approximate surface area is 76.1 Å². The Morgan fingerprint density at radius 1 is 1.54 bits per heavy atom. The van der Waals surface area contributed by atoms with Crippen LogP contribution in [0.1, 0.15) is 5.56 Å². The number of methoxy groups -OCH3 is 1. The van der Waals surface area contributed by atoms with E-state index < -0.39 is 5.82 Å². The number of phenols is 1. The van der Waals surface area contributed by atoms with E-state index in [1.165, 1.54) is 13.2 Å². The standard InChI is InChI=1S/C9H12FNO2/c1-11-5-6-3-7(12)9(10)8(4-6)13-2/h3-4,11-12H,5H2,1-2H3. The van der Waals surface area contributed by atoms with Gasteiger partial charge in [-0.25, -0.2) is 0 Å². The van der Waals surface area contributed by atoms with E-state index in [1.54, 1.807) is 13.1 Å². The summed E-state index contributed by atoms with van der Waals surface area (Å²) in [5.74, 6) is -1.04. The fraction of sp³-hybridized carbons (Fsp3) is 0.333. The lowest BCUT2D eigenvalue weighted by Gasteiger charge is -2.06. The number of aromatic hydroxyl groups is 1. The molecule has 13 heavy (non-hydrogen) atoms. The summed E-state index contributed by atoms with van der Waals surface area (Å²) in [7, 11) is 3.13. The number of benzene rings is 1. The Balaban J connectivity index is 3.06. The predicted octanol–water partition coefficient (Wildman–Crippen LogP) is 1.26. The van der Waals surface area contributed by atoms with Crippen molar-refractivity contribution in [1.29, 1.82) is 0 Å². The van der Waals surface area contributed by atoms with Crippen LogP contribution >= 0.6 is 0 Å². The van der Waals surface area contributed by atoms with Gasteiger partial charge < -0.3 is 15.2 Å². The van der Waals surface area contributed by atoms with Gasteiger partial charge in [0.2, 0.25) is 5.82 Å². The minimum absolute atomic E-state index is 0.0604. The third-order valence-electron chi connectivity index (χ3n) is 1.68. The van der Waals surface area contributed by atoms with Crippen LogP contribution in [0, 0.1) is 5.82 Å². The zero-order valence-electron chi connectivity index (χ0n) is 7.60. The summed E-state index contributed by atoms with van der Waals surface area (Å²) < 4.78 is 17.8. The summed E-state index contributed by atoms with van der Waals surface area (Å²) in [6.45, 7) is 0.560. The van der Waals surface area contributed by atoms with Crippen molar-refractivity contribution in [3.05, 3.63) is 23.5 Å². The van der Waals surface area contributed by atoms with Crippen molar-refractivity contribution in [2.24, 2.45) is 0 Å². The van der Waals surface area contributed by atoms with Gasteiger partial charge in [0.25, 0.3) is 0 Å². The van der Waals surface area contributed by atoms with Crippen molar-refractivity contribution in [3.8, 4) is 11.5 Å². The summed E-state index contributed by atoms with van der Waals surface area (Å²) in [6, 6.07) is 2.92. The van der Waals surface area contributed by atoms with Crippen LogP contribution in [0.15, 0.2) is 12.1 Å². The lowest BCUT2D eigenvalue weighted by molar-refractivity contribution is 0.363. The molecule has 72 valence electrons. The molecule has 1 aromatic carbocycles. The van der Waals surface area contributed by atoms with Crippen molar-refractivity contribution < 1.29 is 14.2 Å². The molecule has 0 aliphatic rings. The molecule has 2 N–H and O–H groups in total. The minimum Gasteiger partial charge on any atom is -0.505 e. The molecule has 1 rings (SSSR count). The second kappa shape index (κ2) is 4.09. The first-order valence-corrected chi connectivity index (χ1v) is 3.89. The number of nitrogens with one attached hydrogen (secondary N) is 1. The van der Waals surface area contributed by atoms with E-state index in [9.17, 15) is 4.39 Å². The van der Waals surface area contributed by atoms with Gasteiger partial charge in [-0.1, -0.05) is 0 Å². The van der Waals surface area contributed by atoms with Crippen molar-refractivity contribution in [3.63, 3.8) is 0 Å². The van der Waals surface area contributed by atoms with Gasteiger partial charge in [-0.3, -0.25) is 0 Å². The fourth-order valence-corrected chi connectivity index (χ4v) is 1.09. The van der Waals surface area contributed by atoms with Crippen molar-refractivity contribution >= 4 is 0 Å². The Hall–Kier alpha value is -1.29. The molecule has 1 aromatic rings. The van der Waals surface area contributed by atoms with E-state index in [-0.39, 0.29) is 11.5 Å². The normalized spacial score (nSPS) is 10.1. The van der Waals surface area contributed by atoms with Gasteiger partial charge in [0, 0.05) is 6.54 Å². The molecule has 0 radical (unpaired) electrons. The molecule has 0 aliphatic carbocycles. The quantitative estimate of drug-likeness (QED) is 0.744. The predicted molar refractivity (Wildman–Crippen MR) is 47.4 cm³/mol. The zero-order valence-corrected chi connectivity index (χ0v) is 7.60. The minimum atomic E-state index is -0.720. The van der Waals surface area contributed by atoms with Crippen molar-refractivity contribution in [2.45, 2.75) is 6.54 Å². The highest BCUT2D eigenvalue weighted by molar-refractivity contribution is 5.39. The van der Waals surface area contributed by atoms with Gasteiger partial charge in [-0.15, -0.1) is 0 Å². The Bertz CT molecular complexity index is 302. The second-order valence-corrected chi connectivity index (χ2v) is 2.66. The first-order chi connectivity index (χ1) is 6.19. The highest BCUT2D eigenvalue weighted by Crippen LogP contribution is 2.27. The molecule has 0 bridgehead atoms. The van der Waals surface area contributed by atoms with Gasteiger partial charge in [0.05, 0.1) is 7.11 Å². The van der Waals surface area contributed by atoms with Crippen LogP contribution in [0.2, 0.25) is 0 Å². The first-order valence-electron chi connectivity index (χ1n) is 3.89. The smallest absolute Gasteiger partial charge is 0.206 e. The molecule has 0 spiro atoms. The van der Waals surface area contributed by atoms with Crippen LogP contribution in [-0.4, -0.2) is 19.3 Å². The van der Waals surface area contributed by atoms with Gasteiger partial charge in [-0.05, 0) is 24.7 Å². The average Bonchev–Trinajstić information content (AvgIpc) is 2.11. The Kier molecular flexibility index (Phi) is 3.08. The van der Waals surface area contributed by atoms with E-state index in [4.69, 9.17) is 9.84 Å². The molecule has 0 unspecified atom stereocenters. The van der Waals surface area contributed by atoms with Gasteiger partial charge in [0.15, 0.2) is 11.5 Å². The monoisotopic (exact) mass is 185 g/mol. The summed E-state index contributed by atoms with van der Waals surface area (Å²) in [5, 5.41) is 12.0. The van der Waals surface area contributed by atoms with E-state index >= 15 is 0 Å². The van der Waals surface area contributed by atoms with Gasteiger partial charge in [-0.2, -0.15) is 4.39 Å². The van der Waals surface area contributed by atoms with Crippen molar-refractivity contribution in [1.82, 2.24) is 5.32 Å². The molecule has 0 fully saturated rings. The summed E-state index contributed by atoms with van der Waals surface area (Å²) >= 11 is 0. The molecule has 0 amide bonds. The van der Waals surface area contributed by atoms with Crippen LogP contribution in [-0.2, 0) is 6.54 Å². The summed E-state index contributed by atoms with van der Waals surface area (Å²) in [6.07, 6.45) is 0. The zero-order chi connectivity index (χ0) is 9.84. The molecular weight excluding hydrogens is 173 g/mol. The maximum absolute atomic E-state index is 13.0.